The third kappa shape index (κ3) is 3.67. The molecule has 0 bridgehead atoms. The zero-order valence-corrected chi connectivity index (χ0v) is 19.4. The van der Waals surface area contributed by atoms with Crippen molar-refractivity contribution >= 4 is 6.03 Å². The van der Waals surface area contributed by atoms with Gasteiger partial charge >= 0.3 is 6.03 Å². The van der Waals surface area contributed by atoms with E-state index >= 15 is 0 Å². The van der Waals surface area contributed by atoms with Gasteiger partial charge in [0.2, 0.25) is 0 Å². The van der Waals surface area contributed by atoms with E-state index in [4.69, 9.17) is 4.74 Å². The van der Waals surface area contributed by atoms with Gasteiger partial charge in [0.1, 0.15) is 12.1 Å². The van der Waals surface area contributed by atoms with Gasteiger partial charge in [0.15, 0.2) is 23.2 Å². The van der Waals surface area contributed by atoms with Gasteiger partial charge < -0.3 is 14.5 Å². The van der Waals surface area contributed by atoms with E-state index in [0.29, 0.717) is 50.0 Å². The third-order valence-corrected chi connectivity index (χ3v) is 8.73. The van der Waals surface area contributed by atoms with Crippen LogP contribution in [0.2, 0.25) is 0 Å². The molecular formula is C25H28F3N5O2. The van der Waals surface area contributed by atoms with E-state index in [2.05, 4.69) is 10.1 Å². The molecule has 1 unspecified atom stereocenters. The second kappa shape index (κ2) is 7.61. The first kappa shape index (κ1) is 21.5. The normalized spacial score (nSPS) is 29.3. The maximum atomic E-state index is 13.9. The number of rotatable bonds is 4. The number of likely N-dealkylation sites (tertiary alicyclic amines) is 2. The van der Waals surface area contributed by atoms with Crippen LogP contribution in [0.5, 0.6) is 5.75 Å². The van der Waals surface area contributed by atoms with Gasteiger partial charge in [-0.05, 0) is 50.4 Å². The molecule has 2 aliphatic heterocycles. The molecule has 2 saturated heterocycles. The van der Waals surface area contributed by atoms with Crippen LogP contribution in [0.3, 0.4) is 0 Å². The topological polar surface area (TPSA) is 63.5 Å². The number of aromatic nitrogens is 3. The molecule has 3 atom stereocenters. The zero-order valence-electron chi connectivity index (χ0n) is 19.4. The van der Waals surface area contributed by atoms with E-state index in [1.807, 2.05) is 20.8 Å². The standard InChI is InChI=1S/C25H28F3N5O2/c26-17-5-20(27)22(21(28)6-17)35-19-3-15-9-31(10-16(15)4-19)24(34)32-11-25(12-32)7-18(8-25)33-13-29-23(30-33)14-1-2-14/h5-6,13-16,18-19H,1-4,7-12H2/t15-,16+,19?. The fourth-order valence-corrected chi connectivity index (χ4v) is 6.78. The Labute approximate surface area is 201 Å². The lowest BCUT2D eigenvalue weighted by molar-refractivity contribution is -0.0735. The van der Waals surface area contributed by atoms with Gasteiger partial charge in [0, 0.05) is 49.6 Å². The summed E-state index contributed by atoms with van der Waals surface area (Å²) in [5.74, 6) is -1.45. The highest BCUT2D eigenvalue weighted by molar-refractivity contribution is 5.76. The smallest absolute Gasteiger partial charge is 0.320 e. The van der Waals surface area contributed by atoms with Crippen LogP contribution in [-0.4, -0.2) is 62.9 Å². The summed E-state index contributed by atoms with van der Waals surface area (Å²) < 4.78 is 48.6. The number of halogens is 3. The van der Waals surface area contributed by atoms with Crippen molar-refractivity contribution in [2.24, 2.45) is 17.3 Å². The molecule has 2 amide bonds. The van der Waals surface area contributed by atoms with Crippen molar-refractivity contribution in [3.8, 4) is 5.75 Å². The molecule has 0 radical (unpaired) electrons. The van der Waals surface area contributed by atoms with E-state index in [-0.39, 0.29) is 29.4 Å². The molecular weight excluding hydrogens is 459 g/mol. The van der Waals surface area contributed by atoms with Gasteiger partial charge in [-0.2, -0.15) is 5.10 Å². The second-order valence-corrected chi connectivity index (χ2v) is 11.4. The van der Waals surface area contributed by atoms with Crippen molar-refractivity contribution in [1.29, 1.82) is 0 Å². The largest absolute Gasteiger partial charge is 0.484 e. The number of fused-ring (bicyclic) bond motifs is 1. The summed E-state index contributed by atoms with van der Waals surface area (Å²) in [6.07, 6.45) is 7.31. The first-order valence-electron chi connectivity index (χ1n) is 12.6. The Morgan fingerprint density at radius 2 is 1.66 bits per heavy atom. The highest BCUT2D eigenvalue weighted by Crippen LogP contribution is 2.54. The highest BCUT2D eigenvalue weighted by Gasteiger charge is 2.56. The van der Waals surface area contributed by atoms with E-state index in [1.54, 1.807) is 0 Å². The molecule has 35 heavy (non-hydrogen) atoms. The van der Waals surface area contributed by atoms with Crippen LogP contribution in [-0.2, 0) is 0 Å². The summed E-state index contributed by atoms with van der Waals surface area (Å²) in [6, 6.07) is 1.76. The molecule has 1 aromatic carbocycles. The van der Waals surface area contributed by atoms with Crippen LogP contribution in [0.25, 0.3) is 0 Å². The molecule has 2 aromatic rings. The van der Waals surface area contributed by atoms with Crippen LogP contribution in [0.4, 0.5) is 18.0 Å². The number of carbonyl (C=O) groups is 1. The lowest BCUT2D eigenvalue weighted by Crippen LogP contribution is -2.65. The SMILES string of the molecule is O=C(N1C[C@H]2CC(Oc3c(F)cc(F)cc3F)C[C@H]2C1)N1CC2(CC(n3cnc(C4CC4)n3)C2)C1. The molecule has 0 N–H and O–H groups in total. The molecule has 3 aliphatic carbocycles. The van der Waals surface area contributed by atoms with Gasteiger partial charge in [-0.3, -0.25) is 0 Å². The lowest BCUT2D eigenvalue weighted by atomic mass is 9.61. The molecule has 5 aliphatic rings. The molecule has 7 rings (SSSR count). The van der Waals surface area contributed by atoms with E-state index < -0.39 is 23.2 Å². The Bertz CT molecular complexity index is 1130. The minimum absolute atomic E-state index is 0.0957. The molecule has 10 heteroatoms. The average Bonchev–Trinajstić information content (AvgIpc) is 3.17. The predicted molar refractivity (Wildman–Crippen MR) is 118 cm³/mol. The Morgan fingerprint density at radius 3 is 2.29 bits per heavy atom. The second-order valence-electron chi connectivity index (χ2n) is 11.4. The number of hydrogen-bond donors (Lipinski definition) is 0. The summed E-state index contributed by atoms with van der Waals surface area (Å²) in [5, 5.41) is 4.66. The Hall–Kier alpha value is -2.78. The van der Waals surface area contributed by atoms with Crippen LogP contribution >= 0.6 is 0 Å². The first-order chi connectivity index (χ1) is 16.9. The van der Waals surface area contributed by atoms with Gasteiger partial charge in [-0.1, -0.05) is 0 Å². The van der Waals surface area contributed by atoms with Crippen LogP contribution in [0, 0.1) is 34.7 Å². The van der Waals surface area contributed by atoms with Gasteiger partial charge in [-0.15, -0.1) is 0 Å². The molecule has 186 valence electrons. The highest BCUT2D eigenvalue weighted by atomic mass is 19.1. The van der Waals surface area contributed by atoms with Crippen molar-refractivity contribution in [3.63, 3.8) is 0 Å². The van der Waals surface area contributed by atoms with Crippen molar-refractivity contribution in [3.05, 3.63) is 41.7 Å². The fourth-order valence-electron chi connectivity index (χ4n) is 6.78. The number of amides is 2. The summed E-state index contributed by atoms with van der Waals surface area (Å²) in [5.41, 5.74) is 0.226. The minimum atomic E-state index is -1.02. The summed E-state index contributed by atoms with van der Waals surface area (Å²) in [4.78, 5) is 21.4. The molecule has 1 spiro atoms. The predicted octanol–water partition coefficient (Wildman–Crippen LogP) is 4.12. The zero-order chi connectivity index (χ0) is 23.9. The van der Waals surface area contributed by atoms with Crippen LogP contribution in [0.1, 0.15) is 56.3 Å². The van der Waals surface area contributed by atoms with Crippen molar-refractivity contribution in [2.45, 2.75) is 56.6 Å². The Kier molecular flexibility index (Phi) is 4.67. The summed E-state index contributed by atoms with van der Waals surface area (Å²) in [7, 11) is 0. The number of ether oxygens (including phenoxy) is 1. The molecule has 3 saturated carbocycles. The fraction of sp³-hybridized carbons (Fsp3) is 0.640. The number of carbonyl (C=O) groups excluding carboxylic acids is 1. The summed E-state index contributed by atoms with van der Waals surface area (Å²) in [6.45, 7) is 2.89. The third-order valence-electron chi connectivity index (χ3n) is 8.73. The van der Waals surface area contributed by atoms with Crippen molar-refractivity contribution in [2.75, 3.05) is 26.2 Å². The van der Waals surface area contributed by atoms with E-state index in [9.17, 15) is 18.0 Å². The monoisotopic (exact) mass is 487 g/mol. The molecule has 5 fully saturated rings. The quantitative estimate of drug-likeness (QED) is 0.651. The number of nitrogens with zero attached hydrogens (tertiary/aromatic N) is 5. The molecule has 3 heterocycles. The summed E-state index contributed by atoms with van der Waals surface area (Å²) >= 11 is 0. The molecule has 1 aromatic heterocycles. The minimum Gasteiger partial charge on any atom is -0.484 e. The van der Waals surface area contributed by atoms with Crippen molar-refractivity contribution < 1.29 is 22.7 Å². The Balaban J connectivity index is 0.891. The van der Waals surface area contributed by atoms with Crippen LogP contribution < -0.4 is 4.74 Å². The van der Waals surface area contributed by atoms with Crippen LogP contribution in [0.15, 0.2) is 18.5 Å². The lowest BCUT2D eigenvalue weighted by Gasteiger charge is -2.59. The number of urea groups is 1. The first-order valence-corrected chi connectivity index (χ1v) is 12.6. The van der Waals surface area contributed by atoms with Crippen molar-refractivity contribution in [1.82, 2.24) is 24.6 Å². The maximum absolute atomic E-state index is 13.9. The van der Waals surface area contributed by atoms with Gasteiger partial charge in [0.05, 0.1) is 12.1 Å². The average molecular weight is 488 g/mol. The molecule has 7 nitrogen and oxygen atoms in total. The Morgan fingerprint density at radius 1 is 1.00 bits per heavy atom. The number of hydrogen-bond acceptors (Lipinski definition) is 4. The number of benzene rings is 1. The van der Waals surface area contributed by atoms with Gasteiger partial charge in [0.25, 0.3) is 0 Å². The maximum Gasteiger partial charge on any atom is 0.320 e. The van der Waals surface area contributed by atoms with Gasteiger partial charge in [-0.25, -0.2) is 27.6 Å². The van der Waals surface area contributed by atoms with E-state index in [0.717, 1.165) is 31.8 Å². The van der Waals surface area contributed by atoms with E-state index in [1.165, 1.54) is 12.8 Å².